The van der Waals surface area contributed by atoms with Crippen molar-refractivity contribution in [3.8, 4) is 11.5 Å². The van der Waals surface area contributed by atoms with E-state index in [2.05, 4.69) is 25.4 Å². The van der Waals surface area contributed by atoms with Gasteiger partial charge in [0.05, 0.1) is 6.20 Å². The SMILES string of the molecule is Cn1nc(C(N)=O)nc1-c1nc(N2CCNCC2)ncc1F. The number of nitrogens with one attached hydrogen (secondary N) is 1. The van der Waals surface area contributed by atoms with E-state index in [1.807, 2.05) is 4.90 Å². The number of primary amides is 1. The Bertz CT molecular complexity index is 709. The molecule has 3 heterocycles. The van der Waals surface area contributed by atoms with Gasteiger partial charge in [-0.1, -0.05) is 0 Å². The van der Waals surface area contributed by atoms with Gasteiger partial charge in [0.1, 0.15) is 5.69 Å². The lowest BCUT2D eigenvalue weighted by Gasteiger charge is -2.27. The van der Waals surface area contributed by atoms with E-state index in [-0.39, 0.29) is 17.3 Å². The molecule has 0 aliphatic carbocycles. The van der Waals surface area contributed by atoms with Crippen molar-refractivity contribution in [1.82, 2.24) is 30.0 Å². The maximum atomic E-state index is 14.1. The fraction of sp³-hybridized carbons (Fsp3) is 0.417. The van der Waals surface area contributed by atoms with Crippen LogP contribution >= 0.6 is 0 Å². The Morgan fingerprint density at radius 2 is 2.09 bits per heavy atom. The molecule has 0 radical (unpaired) electrons. The average Bonchev–Trinajstić information content (AvgIpc) is 2.91. The van der Waals surface area contributed by atoms with Gasteiger partial charge < -0.3 is 16.0 Å². The van der Waals surface area contributed by atoms with E-state index in [0.29, 0.717) is 5.95 Å². The summed E-state index contributed by atoms with van der Waals surface area (Å²) in [6.07, 6.45) is 1.10. The molecule has 0 unspecified atom stereocenters. The number of piperazine rings is 1. The van der Waals surface area contributed by atoms with Gasteiger partial charge in [-0.05, 0) is 0 Å². The fourth-order valence-electron chi connectivity index (χ4n) is 2.23. The molecular formula is C12H15FN8O. The van der Waals surface area contributed by atoms with E-state index < -0.39 is 11.7 Å². The summed E-state index contributed by atoms with van der Waals surface area (Å²) in [5.74, 6) is -1.05. The van der Waals surface area contributed by atoms with Crippen LogP contribution in [0.5, 0.6) is 0 Å². The molecule has 0 spiro atoms. The van der Waals surface area contributed by atoms with Crippen LogP contribution in [0.25, 0.3) is 11.5 Å². The molecule has 9 nitrogen and oxygen atoms in total. The standard InChI is InChI=1S/C12H15FN8O/c1-20-11(18-10(19-20)9(14)22)8-7(13)6-16-12(17-8)21-4-2-15-3-5-21/h6,15H,2-5H2,1H3,(H2,14,22). The van der Waals surface area contributed by atoms with Crippen molar-refractivity contribution in [2.24, 2.45) is 12.8 Å². The molecule has 22 heavy (non-hydrogen) atoms. The van der Waals surface area contributed by atoms with Crippen molar-refractivity contribution < 1.29 is 9.18 Å². The number of nitrogens with two attached hydrogens (primary N) is 1. The molecule has 0 aromatic carbocycles. The molecule has 0 bridgehead atoms. The maximum absolute atomic E-state index is 14.1. The van der Waals surface area contributed by atoms with Crippen LogP contribution in [-0.2, 0) is 7.05 Å². The third-order valence-electron chi connectivity index (χ3n) is 3.33. The van der Waals surface area contributed by atoms with Gasteiger partial charge in [-0.25, -0.2) is 24.0 Å². The number of amides is 1. The number of aromatic nitrogens is 5. The molecule has 1 fully saturated rings. The summed E-state index contributed by atoms with van der Waals surface area (Å²) in [7, 11) is 1.54. The number of carbonyl (C=O) groups excluding carboxylic acids is 1. The van der Waals surface area contributed by atoms with Crippen LogP contribution < -0.4 is 16.0 Å². The van der Waals surface area contributed by atoms with Gasteiger partial charge in [-0.3, -0.25) is 4.79 Å². The number of carbonyl (C=O) groups is 1. The van der Waals surface area contributed by atoms with Crippen molar-refractivity contribution in [2.75, 3.05) is 31.1 Å². The summed E-state index contributed by atoms with van der Waals surface area (Å²) in [5, 5.41) is 7.07. The second kappa shape index (κ2) is 5.64. The number of aryl methyl sites for hydroxylation is 1. The topological polar surface area (TPSA) is 115 Å². The number of nitrogens with zero attached hydrogens (tertiary/aromatic N) is 6. The third-order valence-corrected chi connectivity index (χ3v) is 3.33. The molecule has 2 aromatic rings. The number of hydrogen-bond donors (Lipinski definition) is 2. The monoisotopic (exact) mass is 306 g/mol. The highest BCUT2D eigenvalue weighted by molar-refractivity contribution is 5.89. The van der Waals surface area contributed by atoms with E-state index in [1.165, 1.54) is 4.68 Å². The Labute approximate surface area is 125 Å². The highest BCUT2D eigenvalue weighted by Crippen LogP contribution is 2.20. The first-order valence-electron chi connectivity index (χ1n) is 6.75. The van der Waals surface area contributed by atoms with Gasteiger partial charge in [-0.15, -0.1) is 5.10 Å². The number of rotatable bonds is 3. The smallest absolute Gasteiger partial charge is 0.288 e. The molecule has 0 atom stereocenters. The van der Waals surface area contributed by atoms with Crippen LogP contribution in [0.15, 0.2) is 6.20 Å². The van der Waals surface area contributed by atoms with Crippen LogP contribution in [0.3, 0.4) is 0 Å². The molecule has 0 saturated carbocycles. The number of hydrogen-bond acceptors (Lipinski definition) is 7. The van der Waals surface area contributed by atoms with Gasteiger partial charge in [-0.2, -0.15) is 0 Å². The molecular weight excluding hydrogens is 291 g/mol. The first-order chi connectivity index (χ1) is 10.6. The average molecular weight is 306 g/mol. The van der Waals surface area contributed by atoms with Gasteiger partial charge >= 0.3 is 0 Å². The third kappa shape index (κ3) is 2.60. The molecule has 1 amide bonds. The summed E-state index contributed by atoms with van der Waals surface area (Å²) in [6.45, 7) is 3.09. The number of halogens is 1. The zero-order chi connectivity index (χ0) is 15.7. The van der Waals surface area contributed by atoms with Gasteiger partial charge in [0.15, 0.2) is 11.6 Å². The van der Waals surface area contributed by atoms with E-state index in [4.69, 9.17) is 5.73 Å². The lowest BCUT2D eigenvalue weighted by molar-refractivity contribution is 0.0990. The Kier molecular flexibility index (Phi) is 3.67. The quantitative estimate of drug-likeness (QED) is 0.741. The Balaban J connectivity index is 2.01. The molecule has 1 aliphatic heterocycles. The fourth-order valence-corrected chi connectivity index (χ4v) is 2.23. The first kappa shape index (κ1) is 14.3. The summed E-state index contributed by atoms with van der Waals surface area (Å²) in [5.41, 5.74) is 5.13. The van der Waals surface area contributed by atoms with E-state index in [0.717, 1.165) is 32.4 Å². The minimum absolute atomic E-state index is 0.00830. The first-order valence-corrected chi connectivity index (χ1v) is 6.75. The van der Waals surface area contributed by atoms with Crippen LogP contribution in [-0.4, -0.2) is 56.8 Å². The minimum Gasteiger partial charge on any atom is -0.363 e. The molecule has 3 N–H and O–H groups in total. The lowest BCUT2D eigenvalue weighted by atomic mass is 10.3. The largest absolute Gasteiger partial charge is 0.363 e. The summed E-state index contributed by atoms with van der Waals surface area (Å²) in [4.78, 5) is 25.3. The Morgan fingerprint density at radius 1 is 1.36 bits per heavy atom. The van der Waals surface area contributed by atoms with Gasteiger partial charge in [0, 0.05) is 33.2 Å². The van der Waals surface area contributed by atoms with E-state index in [1.54, 1.807) is 7.05 Å². The van der Waals surface area contributed by atoms with Gasteiger partial charge in [0.25, 0.3) is 5.91 Å². The summed E-state index contributed by atoms with van der Waals surface area (Å²) in [6, 6.07) is 0. The lowest BCUT2D eigenvalue weighted by Crippen LogP contribution is -2.44. The minimum atomic E-state index is -0.779. The van der Waals surface area contributed by atoms with Crippen molar-refractivity contribution in [3.05, 3.63) is 17.8 Å². The molecule has 10 heteroatoms. The molecule has 116 valence electrons. The maximum Gasteiger partial charge on any atom is 0.288 e. The zero-order valence-corrected chi connectivity index (χ0v) is 12.0. The molecule has 2 aromatic heterocycles. The molecule has 1 aliphatic rings. The van der Waals surface area contributed by atoms with Gasteiger partial charge in [0.2, 0.25) is 11.8 Å². The van der Waals surface area contributed by atoms with E-state index in [9.17, 15) is 9.18 Å². The normalized spacial score (nSPS) is 15.1. The van der Waals surface area contributed by atoms with Crippen molar-refractivity contribution in [3.63, 3.8) is 0 Å². The van der Waals surface area contributed by atoms with Crippen LogP contribution in [0.1, 0.15) is 10.6 Å². The predicted molar refractivity (Wildman–Crippen MR) is 75.6 cm³/mol. The van der Waals surface area contributed by atoms with Crippen molar-refractivity contribution in [1.29, 1.82) is 0 Å². The Hall–Kier alpha value is -2.62. The van der Waals surface area contributed by atoms with Crippen LogP contribution in [0.2, 0.25) is 0 Å². The van der Waals surface area contributed by atoms with Crippen molar-refractivity contribution in [2.45, 2.75) is 0 Å². The molecule has 3 rings (SSSR count). The van der Waals surface area contributed by atoms with Crippen LogP contribution in [0.4, 0.5) is 10.3 Å². The second-order valence-corrected chi connectivity index (χ2v) is 4.85. The number of anilines is 1. The zero-order valence-electron chi connectivity index (χ0n) is 12.0. The van der Waals surface area contributed by atoms with Crippen LogP contribution in [0, 0.1) is 5.82 Å². The summed E-state index contributed by atoms with van der Waals surface area (Å²) >= 11 is 0. The van der Waals surface area contributed by atoms with Crippen molar-refractivity contribution >= 4 is 11.9 Å². The second-order valence-electron chi connectivity index (χ2n) is 4.85. The Morgan fingerprint density at radius 3 is 2.73 bits per heavy atom. The predicted octanol–water partition coefficient (Wildman–Crippen LogP) is -1.08. The highest BCUT2D eigenvalue weighted by Gasteiger charge is 2.21. The molecule has 1 saturated heterocycles. The summed E-state index contributed by atoms with van der Waals surface area (Å²) < 4.78 is 15.3. The highest BCUT2D eigenvalue weighted by atomic mass is 19.1. The van der Waals surface area contributed by atoms with E-state index >= 15 is 0 Å².